The summed E-state index contributed by atoms with van der Waals surface area (Å²) in [5, 5.41) is 3.40. The Morgan fingerprint density at radius 2 is 2.05 bits per heavy atom. The third-order valence-electron chi connectivity index (χ3n) is 4.09. The lowest BCUT2D eigenvalue weighted by molar-refractivity contribution is -0.149. The van der Waals surface area contributed by atoms with Crippen LogP contribution in [0.3, 0.4) is 0 Å². The fourth-order valence-electron chi connectivity index (χ4n) is 2.88. The van der Waals surface area contributed by atoms with E-state index in [2.05, 4.69) is 38.3 Å². The van der Waals surface area contributed by atoms with Crippen molar-refractivity contribution in [2.75, 3.05) is 46.5 Å². The number of methoxy groups -OCH3 is 1. The Bertz CT molecular complexity index is 457. The molecule has 4 nitrogen and oxygen atoms in total. The van der Waals surface area contributed by atoms with Gasteiger partial charge in [0.05, 0.1) is 30.3 Å². The van der Waals surface area contributed by atoms with Gasteiger partial charge in [-0.2, -0.15) is 0 Å². The molecule has 19 heavy (non-hydrogen) atoms. The highest BCUT2D eigenvalue weighted by Crippen LogP contribution is 2.39. The Morgan fingerprint density at radius 1 is 1.32 bits per heavy atom. The Morgan fingerprint density at radius 3 is 2.58 bits per heavy atom. The van der Waals surface area contributed by atoms with Crippen molar-refractivity contribution in [3.63, 3.8) is 0 Å². The van der Waals surface area contributed by atoms with E-state index in [1.165, 1.54) is 5.56 Å². The molecule has 1 aromatic carbocycles. The van der Waals surface area contributed by atoms with Crippen LogP contribution in [0.15, 0.2) is 22.7 Å². The number of rotatable bonds is 3. The molecule has 0 atom stereocenters. The van der Waals surface area contributed by atoms with E-state index in [-0.39, 0.29) is 5.54 Å². The van der Waals surface area contributed by atoms with Crippen molar-refractivity contribution in [1.29, 1.82) is 0 Å². The molecule has 1 N–H and O–H groups in total. The van der Waals surface area contributed by atoms with E-state index >= 15 is 0 Å². The van der Waals surface area contributed by atoms with E-state index < -0.39 is 0 Å². The van der Waals surface area contributed by atoms with Gasteiger partial charge in [-0.25, -0.2) is 0 Å². The van der Waals surface area contributed by atoms with Crippen LogP contribution < -0.4 is 10.1 Å². The maximum atomic E-state index is 5.53. The number of halogens is 1. The van der Waals surface area contributed by atoms with Gasteiger partial charge in [0, 0.05) is 26.2 Å². The molecule has 104 valence electrons. The summed E-state index contributed by atoms with van der Waals surface area (Å²) < 4.78 is 11.8. The molecule has 0 aromatic heterocycles. The van der Waals surface area contributed by atoms with Gasteiger partial charge in [0.25, 0.3) is 0 Å². The van der Waals surface area contributed by atoms with Gasteiger partial charge < -0.3 is 14.8 Å². The highest BCUT2D eigenvalue weighted by molar-refractivity contribution is 9.10. The number of hydrogen-bond donors (Lipinski definition) is 1. The van der Waals surface area contributed by atoms with Gasteiger partial charge in [0.15, 0.2) is 0 Å². The van der Waals surface area contributed by atoms with Crippen LogP contribution in [0.1, 0.15) is 5.56 Å². The van der Waals surface area contributed by atoms with Crippen molar-refractivity contribution in [3.8, 4) is 5.75 Å². The molecule has 1 aromatic rings. The second kappa shape index (κ2) is 5.40. The van der Waals surface area contributed by atoms with Crippen molar-refractivity contribution in [3.05, 3.63) is 28.2 Å². The summed E-state index contributed by atoms with van der Waals surface area (Å²) in [5.41, 5.74) is 1.37. The minimum Gasteiger partial charge on any atom is -0.496 e. The number of hydrogen-bond acceptors (Lipinski definition) is 4. The third-order valence-corrected chi connectivity index (χ3v) is 4.71. The SMILES string of the molecule is COc1ccc(C2(N3CCNCC3)COC2)cc1Br. The molecular formula is C14H19BrN2O2. The Balaban J connectivity index is 1.90. The lowest BCUT2D eigenvalue weighted by Crippen LogP contribution is -2.63. The van der Waals surface area contributed by atoms with Crippen molar-refractivity contribution in [1.82, 2.24) is 10.2 Å². The first-order valence-electron chi connectivity index (χ1n) is 6.64. The number of ether oxygens (including phenoxy) is 2. The molecule has 0 saturated carbocycles. The maximum Gasteiger partial charge on any atom is 0.133 e. The van der Waals surface area contributed by atoms with E-state index in [4.69, 9.17) is 9.47 Å². The van der Waals surface area contributed by atoms with Crippen LogP contribution >= 0.6 is 15.9 Å². The molecule has 2 aliphatic heterocycles. The molecule has 0 unspecified atom stereocenters. The fourth-order valence-corrected chi connectivity index (χ4v) is 3.42. The van der Waals surface area contributed by atoms with Crippen LogP contribution in [0.4, 0.5) is 0 Å². The Labute approximate surface area is 122 Å². The molecule has 2 saturated heterocycles. The summed E-state index contributed by atoms with van der Waals surface area (Å²) in [6.45, 7) is 5.83. The summed E-state index contributed by atoms with van der Waals surface area (Å²) in [6, 6.07) is 6.36. The Hall–Kier alpha value is -0.620. The maximum absolute atomic E-state index is 5.53. The quantitative estimate of drug-likeness (QED) is 0.914. The molecular weight excluding hydrogens is 308 g/mol. The lowest BCUT2D eigenvalue weighted by Gasteiger charge is -2.51. The smallest absolute Gasteiger partial charge is 0.133 e. The first-order valence-corrected chi connectivity index (χ1v) is 7.43. The largest absolute Gasteiger partial charge is 0.496 e. The van der Waals surface area contributed by atoms with Crippen LogP contribution in [-0.4, -0.2) is 51.4 Å². The van der Waals surface area contributed by atoms with Crippen LogP contribution in [0.25, 0.3) is 0 Å². The van der Waals surface area contributed by atoms with E-state index in [0.717, 1.165) is 49.6 Å². The summed E-state index contributed by atoms with van der Waals surface area (Å²) in [7, 11) is 1.69. The van der Waals surface area contributed by atoms with Gasteiger partial charge >= 0.3 is 0 Å². The van der Waals surface area contributed by atoms with Gasteiger partial charge in [0.1, 0.15) is 5.75 Å². The molecule has 0 aliphatic carbocycles. The summed E-state index contributed by atoms with van der Waals surface area (Å²) in [4.78, 5) is 2.54. The van der Waals surface area contributed by atoms with Gasteiger partial charge in [-0.1, -0.05) is 6.07 Å². The summed E-state index contributed by atoms with van der Waals surface area (Å²) in [6.07, 6.45) is 0. The molecule has 0 bridgehead atoms. The predicted molar refractivity (Wildman–Crippen MR) is 77.6 cm³/mol. The van der Waals surface area contributed by atoms with E-state index in [9.17, 15) is 0 Å². The zero-order valence-corrected chi connectivity index (χ0v) is 12.7. The number of benzene rings is 1. The molecule has 0 radical (unpaired) electrons. The summed E-state index contributed by atoms with van der Waals surface area (Å²) >= 11 is 3.58. The number of nitrogens with one attached hydrogen (secondary N) is 1. The average molecular weight is 327 g/mol. The third kappa shape index (κ3) is 2.29. The van der Waals surface area contributed by atoms with Crippen molar-refractivity contribution >= 4 is 15.9 Å². The van der Waals surface area contributed by atoms with Gasteiger partial charge in [-0.3, -0.25) is 4.90 Å². The molecule has 0 amide bonds. The number of piperazine rings is 1. The van der Waals surface area contributed by atoms with E-state index in [1.807, 2.05) is 6.07 Å². The normalized spacial score (nSPS) is 22.8. The molecule has 0 spiro atoms. The standard InChI is InChI=1S/C14H19BrN2O2/c1-18-13-3-2-11(8-12(13)15)14(9-19-10-14)17-6-4-16-5-7-17/h2-3,8,16H,4-7,9-10H2,1H3. The number of nitrogens with zero attached hydrogens (tertiary/aromatic N) is 1. The zero-order valence-electron chi connectivity index (χ0n) is 11.1. The predicted octanol–water partition coefficient (Wildman–Crippen LogP) is 1.59. The summed E-state index contributed by atoms with van der Waals surface area (Å²) in [5.74, 6) is 0.874. The molecule has 2 aliphatic rings. The monoisotopic (exact) mass is 326 g/mol. The van der Waals surface area contributed by atoms with Crippen LogP contribution in [-0.2, 0) is 10.3 Å². The molecule has 2 heterocycles. The topological polar surface area (TPSA) is 33.7 Å². The zero-order chi connectivity index (χ0) is 13.3. The van der Waals surface area contributed by atoms with Crippen molar-refractivity contribution in [2.45, 2.75) is 5.54 Å². The Kier molecular flexibility index (Phi) is 3.80. The van der Waals surface area contributed by atoms with E-state index in [1.54, 1.807) is 7.11 Å². The molecule has 2 fully saturated rings. The van der Waals surface area contributed by atoms with Crippen LogP contribution in [0.5, 0.6) is 5.75 Å². The second-order valence-electron chi connectivity index (χ2n) is 5.11. The lowest BCUT2D eigenvalue weighted by atomic mass is 9.85. The average Bonchev–Trinajstić information content (AvgIpc) is 2.39. The fraction of sp³-hybridized carbons (Fsp3) is 0.571. The van der Waals surface area contributed by atoms with Gasteiger partial charge in [-0.15, -0.1) is 0 Å². The van der Waals surface area contributed by atoms with Gasteiger partial charge in [0.2, 0.25) is 0 Å². The van der Waals surface area contributed by atoms with Crippen molar-refractivity contribution in [2.24, 2.45) is 0 Å². The molecule has 5 heteroatoms. The first kappa shape index (κ1) is 13.4. The molecule has 3 rings (SSSR count). The second-order valence-corrected chi connectivity index (χ2v) is 5.97. The minimum atomic E-state index is 0.0525. The van der Waals surface area contributed by atoms with Gasteiger partial charge in [-0.05, 0) is 33.6 Å². The van der Waals surface area contributed by atoms with Crippen LogP contribution in [0.2, 0.25) is 0 Å². The minimum absolute atomic E-state index is 0.0525. The van der Waals surface area contributed by atoms with Crippen molar-refractivity contribution < 1.29 is 9.47 Å². The highest BCUT2D eigenvalue weighted by Gasteiger charge is 2.46. The first-order chi connectivity index (χ1) is 9.26. The van der Waals surface area contributed by atoms with E-state index in [0.29, 0.717) is 0 Å². The highest BCUT2D eigenvalue weighted by atomic mass is 79.9. The van der Waals surface area contributed by atoms with Crippen LogP contribution in [0, 0.1) is 0 Å².